The van der Waals surface area contributed by atoms with Gasteiger partial charge >= 0.3 is 0 Å². The van der Waals surface area contributed by atoms with Crippen molar-refractivity contribution in [3.05, 3.63) is 39.0 Å². The number of hydrogen-bond donors (Lipinski definition) is 1. The van der Waals surface area contributed by atoms with Gasteiger partial charge in [0.1, 0.15) is 5.82 Å². The number of nitrogens with zero attached hydrogens (tertiary/aromatic N) is 2. The normalized spacial score (nSPS) is 13.9. The molecule has 21 heavy (non-hydrogen) atoms. The lowest BCUT2D eigenvalue weighted by molar-refractivity contribution is 0.665. The summed E-state index contributed by atoms with van der Waals surface area (Å²) < 4.78 is 0.887. The van der Waals surface area contributed by atoms with Crippen LogP contribution in [0, 0.1) is 0 Å². The zero-order valence-electron chi connectivity index (χ0n) is 11.9. The topological polar surface area (TPSA) is 37.8 Å². The van der Waals surface area contributed by atoms with E-state index in [0.717, 1.165) is 41.1 Å². The second kappa shape index (κ2) is 6.32. The Balaban J connectivity index is 2.09. The van der Waals surface area contributed by atoms with Crippen molar-refractivity contribution in [3.8, 4) is 11.4 Å². The molecule has 2 aromatic rings. The molecule has 1 aromatic heterocycles. The van der Waals surface area contributed by atoms with Crippen molar-refractivity contribution in [2.24, 2.45) is 0 Å². The van der Waals surface area contributed by atoms with Gasteiger partial charge in [-0.2, -0.15) is 0 Å². The maximum absolute atomic E-state index is 6.19. The monoisotopic (exact) mass is 365 g/mol. The Morgan fingerprint density at radius 1 is 1.24 bits per heavy atom. The van der Waals surface area contributed by atoms with E-state index < -0.39 is 0 Å². The van der Waals surface area contributed by atoms with Crippen LogP contribution in [0.4, 0.5) is 5.82 Å². The maximum atomic E-state index is 6.19. The Kier molecular flexibility index (Phi) is 4.45. The van der Waals surface area contributed by atoms with Crippen molar-refractivity contribution in [1.82, 2.24) is 9.97 Å². The fraction of sp³-hybridized carbons (Fsp3) is 0.375. The van der Waals surface area contributed by atoms with Gasteiger partial charge in [-0.15, -0.1) is 0 Å². The van der Waals surface area contributed by atoms with E-state index in [0.29, 0.717) is 5.02 Å². The van der Waals surface area contributed by atoms with Crippen molar-refractivity contribution >= 4 is 33.3 Å². The minimum Gasteiger partial charge on any atom is -0.370 e. The van der Waals surface area contributed by atoms with Gasteiger partial charge in [0.15, 0.2) is 5.82 Å². The van der Waals surface area contributed by atoms with Gasteiger partial charge < -0.3 is 5.32 Å². The summed E-state index contributed by atoms with van der Waals surface area (Å²) in [6, 6.07) is 5.84. The number of rotatable bonds is 3. The highest BCUT2D eigenvalue weighted by Crippen LogP contribution is 2.31. The van der Waals surface area contributed by atoms with E-state index in [1.165, 1.54) is 24.1 Å². The van der Waals surface area contributed by atoms with Gasteiger partial charge in [-0.05, 0) is 66.7 Å². The molecule has 0 bridgehead atoms. The Bertz CT molecular complexity index is 673. The van der Waals surface area contributed by atoms with E-state index in [4.69, 9.17) is 21.6 Å². The van der Waals surface area contributed by atoms with Crippen molar-refractivity contribution < 1.29 is 0 Å². The number of fused-ring (bicyclic) bond motifs is 1. The van der Waals surface area contributed by atoms with Crippen LogP contribution in [0.5, 0.6) is 0 Å². The molecule has 1 aromatic carbocycles. The van der Waals surface area contributed by atoms with E-state index in [1.807, 2.05) is 18.2 Å². The van der Waals surface area contributed by atoms with Crippen LogP contribution < -0.4 is 5.32 Å². The summed E-state index contributed by atoms with van der Waals surface area (Å²) >= 11 is 9.61. The molecule has 0 saturated carbocycles. The van der Waals surface area contributed by atoms with Crippen LogP contribution in [0.2, 0.25) is 5.02 Å². The van der Waals surface area contributed by atoms with Crippen molar-refractivity contribution in [3.63, 3.8) is 0 Å². The van der Waals surface area contributed by atoms with Crippen LogP contribution in [0.25, 0.3) is 11.4 Å². The fourth-order valence-electron chi connectivity index (χ4n) is 2.67. The highest BCUT2D eigenvalue weighted by molar-refractivity contribution is 9.10. The molecule has 0 fully saturated rings. The molecular weight excluding hydrogens is 350 g/mol. The molecule has 1 aliphatic carbocycles. The Morgan fingerprint density at radius 2 is 2.05 bits per heavy atom. The minimum absolute atomic E-state index is 0.679. The van der Waals surface area contributed by atoms with Crippen LogP contribution in [0.1, 0.15) is 31.0 Å². The first-order valence-corrected chi connectivity index (χ1v) is 8.45. The number of halogens is 2. The highest BCUT2D eigenvalue weighted by Gasteiger charge is 2.18. The van der Waals surface area contributed by atoms with Crippen molar-refractivity contribution in [1.29, 1.82) is 0 Å². The smallest absolute Gasteiger partial charge is 0.161 e. The third-order valence-electron chi connectivity index (χ3n) is 3.71. The predicted octanol–water partition coefficient (Wildman–Crippen LogP) is 4.87. The molecule has 0 saturated heterocycles. The molecule has 1 aliphatic rings. The molecule has 110 valence electrons. The molecule has 3 nitrogen and oxygen atoms in total. The van der Waals surface area contributed by atoms with E-state index >= 15 is 0 Å². The van der Waals surface area contributed by atoms with Crippen LogP contribution in [-0.4, -0.2) is 16.5 Å². The molecule has 3 rings (SSSR count). The molecule has 5 heteroatoms. The molecule has 0 spiro atoms. The standard InChI is InChI=1S/C16H17BrClN3/c1-2-19-16-11-5-3-4-6-14(11)20-15(21-16)10-7-8-12(17)13(18)9-10/h7-9H,2-6H2,1H3,(H,19,20,21). The number of hydrogen-bond acceptors (Lipinski definition) is 3. The van der Waals surface area contributed by atoms with Crippen LogP contribution in [0.3, 0.4) is 0 Å². The quantitative estimate of drug-likeness (QED) is 0.842. The van der Waals surface area contributed by atoms with Crippen molar-refractivity contribution in [2.45, 2.75) is 32.6 Å². The molecule has 0 unspecified atom stereocenters. The molecule has 1 heterocycles. The van der Waals surface area contributed by atoms with E-state index in [9.17, 15) is 0 Å². The predicted molar refractivity (Wildman–Crippen MR) is 91.0 cm³/mol. The minimum atomic E-state index is 0.679. The number of aryl methyl sites for hydroxylation is 1. The fourth-order valence-corrected chi connectivity index (χ4v) is 3.10. The third-order valence-corrected chi connectivity index (χ3v) is 4.94. The number of aromatic nitrogens is 2. The van der Waals surface area contributed by atoms with E-state index in [1.54, 1.807) is 0 Å². The lowest BCUT2D eigenvalue weighted by Crippen LogP contribution is -2.13. The van der Waals surface area contributed by atoms with Gasteiger partial charge in [0.05, 0.1) is 5.02 Å². The highest BCUT2D eigenvalue weighted by atomic mass is 79.9. The Labute approximate surface area is 138 Å². The van der Waals surface area contributed by atoms with Crippen LogP contribution in [0.15, 0.2) is 22.7 Å². The summed E-state index contributed by atoms with van der Waals surface area (Å²) in [5, 5.41) is 4.06. The van der Waals surface area contributed by atoms with Gasteiger partial charge in [-0.25, -0.2) is 9.97 Å². The number of nitrogens with one attached hydrogen (secondary N) is 1. The Morgan fingerprint density at radius 3 is 2.81 bits per heavy atom. The third kappa shape index (κ3) is 3.06. The molecule has 1 N–H and O–H groups in total. The summed E-state index contributed by atoms with van der Waals surface area (Å²) in [5.74, 6) is 1.73. The summed E-state index contributed by atoms with van der Waals surface area (Å²) in [6.07, 6.45) is 4.53. The lowest BCUT2D eigenvalue weighted by atomic mass is 9.96. The first-order valence-electron chi connectivity index (χ1n) is 7.28. The zero-order valence-corrected chi connectivity index (χ0v) is 14.3. The molecule has 0 aliphatic heterocycles. The van der Waals surface area contributed by atoms with Gasteiger partial charge in [0, 0.05) is 27.8 Å². The molecule has 0 atom stereocenters. The van der Waals surface area contributed by atoms with E-state index in [2.05, 4.69) is 28.2 Å². The largest absolute Gasteiger partial charge is 0.370 e. The van der Waals surface area contributed by atoms with Gasteiger partial charge in [-0.1, -0.05) is 11.6 Å². The summed E-state index contributed by atoms with van der Waals surface area (Å²) in [5.41, 5.74) is 3.42. The summed E-state index contributed by atoms with van der Waals surface area (Å²) in [7, 11) is 0. The second-order valence-corrected chi connectivity index (χ2v) is 6.45. The van der Waals surface area contributed by atoms with Crippen LogP contribution in [-0.2, 0) is 12.8 Å². The average molecular weight is 367 g/mol. The zero-order chi connectivity index (χ0) is 14.8. The average Bonchev–Trinajstić information content (AvgIpc) is 2.50. The number of anilines is 1. The second-order valence-electron chi connectivity index (χ2n) is 5.19. The Hall–Kier alpha value is -1.13. The van der Waals surface area contributed by atoms with Crippen LogP contribution >= 0.6 is 27.5 Å². The molecular formula is C16H17BrClN3. The summed E-state index contributed by atoms with van der Waals surface area (Å²) in [6.45, 7) is 2.96. The maximum Gasteiger partial charge on any atom is 0.161 e. The van der Waals surface area contributed by atoms with Crippen molar-refractivity contribution in [2.75, 3.05) is 11.9 Å². The SMILES string of the molecule is CCNc1nc(-c2ccc(Br)c(Cl)c2)nc2c1CCCC2. The first-order chi connectivity index (χ1) is 10.2. The van der Waals surface area contributed by atoms with Gasteiger partial charge in [0.25, 0.3) is 0 Å². The summed E-state index contributed by atoms with van der Waals surface area (Å²) in [4.78, 5) is 9.49. The van der Waals surface area contributed by atoms with Gasteiger partial charge in [-0.3, -0.25) is 0 Å². The molecule has 0 amide bonds. The lowest BCUT2D eigenvalue weighted by Gasteiger charge is -2.19. The van der Waals surface area contributed by atoms with Gasteiger partial charge in [0.2, 0.25) is 0 Å². The first kappa shape index (κ1) is 14.8. The molecule has 0 radical (unpaired) electrons. The van der Waals surface area contributed by atoms with E-state index in [-0.39, 0.29) is 0 Å². The number of benzene rings is 1.